The molecule has 1 aromatic rings. The van der Waals surface area contributed by atoms with Gasteiger partial charge < -0.3 is 24.3 Å². The van der Waals surface area contributed by atoms with Gasteiger partial charge in [0.1, 0.15) is 6.04 Å². The molecule has 3 atom stereocenters. The molecule has 35 heavy (non-hydrogen) atoms. The summed E-state index contributed by atoms with van der Waals surface area (Å²) in [5.74, 6) is -0.402. The number of pyridine rings is 1. The third kappa shape index (κ3) is 9.03. The molecule has 2 rings (SSSR count). The van der Waals surface area contributed by atoms with Gasteiger partial charge in [-0.1, -0.05) is 53.4 Å². The third-order valence-corrected chi connectivity index (χ3v) is 6.01. The highest BCUT2D eigenvalue weighted by molar-refractivity contribution is 5.98. The van der Waals surface area contributed by atoms with Crippen molar-refractivity contribution >= 4 is 17.8 Å². The second-order valence-corrected chi connectivity index (χ2v) is 9.85. The second-order valence-electron chi connectivity index (χ2n) is 9.85. The predicted molar refractivity (Wildman–Crippen MR) is 130 cm³/mol. The van der Waals surface area contributed by atoms with Crippen molar-refractivity contribution in [3.05, 3.63) is 18.0 Å². The van der Waals surface area contributed by atoms with Crippen LogP contribution in [0.15, 0.2) is 12.3 Å². The molecule has 1 aliphatic heterocycles. The maximum absolute atomic E-state index is 13.1. The lowest BCUT2D eigenvalue weighted by molar-refractivity contribution is -0.154. The Morgan fingerprint density at radius 3 is 2.63 bits per heavy atom. The summed E-state index contributed by atoms with van der Waals surface area (Å²) in [5.41, 5.74) is -0.0690. The fraction of sp³-hybridized carbons (Fsp3) is 0.692. The van der Waals surface area contributed by atoms with Gasteiger partial charge in [0.25, 0.3) is 5.91 Å². The van der Waals surface area contributed by atoms with Crippen LogP contribution in [0.3, 0.4) is 0 Å². The molecule has 9 heteroatoms. The number of ether oxygens (including phenoxy) is 4. The van der Waals surface area contributed by atoms with Crippen LogP contribution in [-0.4, -0.2) is 48.9 Å². The van der Waals surface area contributed by atoms with E-state index in [1.807, 2.05) is 6.92 Å². The number of methoxy groups -OCH3 is 1. The Morgan fingerprint density at radius 2 is 1.97 bits per heavy atom. The highest BCUT2D eigenvalue weighted by atomic mass is 16.7. The predicted octanol–water partition coefficient (Wildman–Crippen LogP) is 4.28. The molecular weight excluding hydrogens is 452 g/mol. The molecule has 0 aliphatic carbocycles. The number of rotatable bonds is 10. The Hall–Kier alpha value is -2.84. The summed E-state index contributed by atoms with van der Waals surface area (Å²) in [6, 6.07) is 0.734. The molecule has 1 fully saturated rings. The monoisotopic (exact) mass is 492 g/mol. The van der Waals surface area contributed by atoms with Gasteiger partial charge in [-0.15, -0.1) is 0 Å². The van der Waals surface area contributed by atoms with Crippen molar-refractivity contribution in [2.24, 2.45) is 17.8 Å². The summed E-state index contributed by atoms with van der Waals surface area (Å²) in [5, 5.41) is 2.76. The Labute approximate surface area is 208 Å². The van der Waals surface area contributed by atoms with Gasteiger partial charge in [-0.3, -0.25) is 9.59 Å². The fourth-order valence-corrected chi connectivity index (χ4v) is 4.04. The smallest absolute Gasteiger partial charge is 0.328 e. The molecule has 0 saturated carbocycles. The molecule has 1 aliphatic rings. The van der Waals surface area contributed by atoms with E-state index in [1.54, 1.807) is 13.8 Å². The molecule has 2 heterocycles. The molecule has 0 aromatic carbocycles. The lowest BCUT2D eigenvalue weighted by Crippen LogP contribution is -2.43. The Bertz CT molecular complexity index is 856. The molecule has 0 bridgehead atoms. The van der Waals surface area contributed by atoms with E-state index in [1.165, 1.54) is 19.4 Å². The zero-order chi connectivity index (χ0) is 26.0. The topological polar surface area (TPSA) is 113 Å². The molecule has 1 N–H and O–H groups in total. The van der Waals surface area contributed by atoms with Crippen LogP contribution in [0, 0.1) is 17.8 Å². The van der Waals surface area contributed by atoms with Crippen molar-refractivity contribution < 1.29 is 33.3 Å². The van der Waals surface area contributed by atoms with E-state index in [4.69, 9.17) is 18.9 Å². The molecule has 0 unspecified atom stereocenters. The maximum atomic E-state index is 13.1. The van der Waals surface area contributed by atoms with Crippen LogP contribution in [0.25, 0.3) is 0 Å². The zero-order valence-corrected chi connectivity index (χ0v) is 21.8. The minimum atomic E-state index is -0.798. The third-order valence-electron chi connectivity index (χ3n) is 6.01. The first-order valence-electron chi connectivity index (χ1n) is 12.5. The first-order valence-corrected chi connectivity index (χ1v) is 12.5. The van der Waals surface area contributed by atoms with Crippen LogP contribution in [0.4, 0.5) is 0 Å². The summed E-state index contributed by atoms with van der Waals surface area (Å²) in [7, 11) is 1.43. The first-order chi connectivity index (χ1) is 16.6. The molecule has 9 nitrogen and oxygen atoms in total. The van der Waals surface area contributed by atoms with E-state index < -0.39 is 30.7 Å². The lowest BCUT2D eigenvalue weighted by Gasteiger charge is -2.21. The number of cyclic esters (lactones) is 1. The molecule has 1 aromatic heterocycles. The summed E-state index contributed by atoms with van der Waals surface area (Å²) < 4.78 is 21.6. The van der Waals surface area contributed by atoms with E-state index in [2.05, 4.69) is 24.1 Å². The van der Waals surface area contributed by atoms with E-state index >= 15 is 0 Å². The summed E-state index contributed by atoms with van der Waals surface area (Å²) >= 11 is 0. The Balaban J connectivity index is 2.11. The fourth-order valence-electron chi connectivity index (χ4n) is 4.04. The number of carbonyl (C=O) groups excluding carboxylic acids is 3. The van der Waals surface area contributed by atoms with Gasteiger partial charge in [-0.2, -0.15) is 0 Å². The van der Waals surface area contributed by atoms with Gasteiger partial charge in [0, 0.05) is 12.3 Å². The quantitative estimate of drug-likeness (QED) is 0.380. The molecule has 1 amide bonds. The Morgan fingerprint density at radius 1 is 1.23 bits per heavy atom. The van der Waals surface area contributed by atoms with Crippen molar-refractivity contribution in [2.45, 2.75) is 85.3 Å². The number of hydrogen-bond acceptors (Lipinski definition) is 8. The first kappa shape index (κ1) is 28.4. The number of amides is 1. The van der Waals surface area contributed by atoms with Crippen molar-refractivity contribution in [3.8, 4) is 11.5 Å². The van der Waals surface area contributed by atoms with Crippen LogP contribution in [-0.2, 0) is 19.1 Å². The van der Waals surface area contributed by atoms with Gasteiger partial charge in [-0.05, 0) is 31.6 Å². The van der Waals surface area contributed by atoms with E-state index in [9.17, 15) is 14.4 Å². The lowest BCUT2D eigenvalue weighted by atomic mass is 9.89. The SMILES string of the molecule is COc1ccnc(C(=O)N[C@H]2CCC[C@H](CCC(C)C)C[C@H](C)OC2=O)c1OCOC(=O)C(C)C. The number of aromatic nitrogens is 1. The van der Waals surface area contributed by atoms with Gasteiger partial charge in [0.15, 0.2) is 17.2 Å². The van der Waals surface area contributed by atoms with Gasteiger partial charge >= 0.3 is 11.9 Å². The van der Waals surface area contributed by atoms with Crippen LogP contribution >= 0.6 is 0 Å². The molecule has 0 radical (unpaired) electrons. The summed E-state index contributed by atoms with van der Waals surface area (Å²) in [6.07, 6.45) is 6.51. The van der Waals surface area contributed by atoms with Crippen molar-refractivity contribution in [1.29, 1.82) is 0 Å². The number of esters is 2. The minimum absolute atomic E-state index is 0.0302. The largest absolute Gasteiger partial charge is 0.493 e. The van der Waals surface area contributed by atoms with Crippen molar-refractivity contribution in [1.82, 2.24) is 10.3 Å². The molecule has 1 saturated heterocycles. The van der Waals surface area contributed by atoms with E-state index in [0.717, 1.165) is 32.1 Å². The van der Waals surface area contributed by atoms with Crippen LogP contribution in [0.5, 0.6) is 11.5 Å². The van der Waals surface area contributed by atoms with E-state index in [0.29, 0.717) is 18.3 Å². The summed E-state index contributed by atoms with van der Waals surface area (Å²) in [4.78, 5) is 41.8. The molecular formula is C26H40N2O7. The standard InChI is InChI=1S/C26H40N2O7/c1-16(2)10-11-19-8-7-9-20(26(31)35-18(5)14-19)28-24(29)22-23(21(32-6)12-13-27-22)33-15-34-25(30)17(3)4/h12-13,16-20H,7-11,14-15H2,1-6H3,(H,28,29)/t18-,19+,20-/m0/s1. The summed E-state index contributed by atoms with van der Waals surface area (Å²) in [6.45, 7) is 9.33. The van der Waals surface area contributed by atoms with Gasteiger partial charge in [0.2, 0.25) is 6.79 Å². The highest BCUT2D eigenvalue weighted by Gasteiger charge is 2.30. The average molecular weight is 493 g/mol. The van der Waals surface area contributed by atoms with Gasteiger partial charge in [0.05, 0.1) is 19.1 Å². The van der Waals surface area contributed by atoms with Gasteiger partial charge in [-0.25, -0.2) is 9.78 Å². The normalized spacial score (nSPS) is 20.9. The van der Waals surface area contributed by atoms with Crippen LogP contribution in [0.1, 0.15) is 83.6 Å². The molecule has 196 valence electrons. The van der Waals surface area contributed by atoms with Crippen LogP contribution < -0.4 is 14.8 Å². The number of hydrogen-bond donors (Lipinski definition) is 1. The van der Waals surface area contributed by atoms with Crippen molar-refractivity contribution in [3.63, 3.8) is 0 Å². The average Bonchev–Trinajstić information content (AvgIpc) is 2.86. The minimum Gasteiger partial charge on any atom is -0.493 e. The number of nitrogens with zero attached hydrogens (tertiary/aromatic N) is 1. The van der Waals surface area contributed by atoms with E-state index in [-0.39, 0.29) is 29.2 Å². The highest BCUT2D eigenvalue weighted by Crippen LogP contribution is 2.30. The Kier molecular flexibility index (Phi) is 11.3. The van der Waals surface area contributed by atoms with Crippen molar-refractivity contribution in [2.75, 3.05) is 13.9 Å². The second kappa shape index (κ2) is 13.9. The number of nitrogens with one attached hydrogen (secondary N) is 1. The maximum Gasteiger partial charge on any atom is 0.328 e. The zero-order valence-electron chi connectivity index (χ0n) is 21.8. The molecule has 0 spiro atoms. The van der Waals surface area contributed by atoms with Crippen LogP contribution in [0.2, 0.25) is 0 Å². The number of carbonyl (C=O) groups is 3.